The summed E-state index contributed by atoms with van der Waals surface area (Å²) in [4.78, 5) is 16.1. The summed E-state index contributed by atoms with van der Waals surface area (Å²) in [5.74, 6) is -1.16. The molecule has 0 bridgehead atoms. The number of thioether (sulfide) groups is 1. The zero-order chi connectivity index (χ0) is 13.0. The van der Waals surface area contributed by atoms with Gasteiger partial charge in [0.25, 0.3) is 0 Å². The molecule has 0 saturated heterocycles. The lowest BCUT2D eigenvalue weighted by Crippen LogP contribution is -2.05. The quantitative estimate of drug-likeness (QED) is 0.627. The lowest BCUT2D eigenvalue weighted by molar-refractivity contribution is 0.101. The third-order valence-electron chi connectivity index (χ3n) is 2.26. The van der Waals surface area contributed by atoms with Gasteiger partial charge in [-0.2, -0.15) is 0 Å². The largest absolute Gasteiger partial charge is 0.293 e. The number of carbonyl (C=O) groups is 1. The molecule has 1 aromatic heterocycles. The standard InChI is InChI=1S/C13H9F2NOS/c14-9-1-3-10(4-2-9)18-8-13(17)11-5-6-16-7-12(11)15/h1-7H,8H2. The minimum absolute atomic E-state index is 0.0274. The molecular weight excluding hydrogens is 256 g/mol. The fraction of sp³-hybridized carbons (Fsp3) is 0.0769. The number of hydrogen-bond acceptors (Lipinski definition) is 3. The average molecular weight is 265 g/mol. The maximum absolute atomic E-state index is 13.3. The summed E-state index contributed by atoms with van der Waals surface area (Å²) in [5.41, 5.74) is 0.0274. The molecule has 1 aromatic carbocycles. The van der Waals surface area contributed by atoms with Crippen LogP contribution in [0.2, 0.25) is 0 Å². The van der Waals surface area contributed by atoms with Gasteiger partial charge in [0, 0.05) is 11.1 Å². The highest BCUT2D eigenvalue weighted by atomic mass is 32.2. The first-order valence-electron chi connectivity index (χ1n) is 5.18. The van der Waals surface area contributed by atoms with Crippen LogP contribution in [0, 0.1) is 11.6 Å². The second-order valence-corrected chi connectivity index (χ2v) is 4.57. The third-order valence-corrected chi connectivity index (χ3v) is 3.27. The Morgan fingerprint density at radius 2 is 1.89 bits per heavy atom. The van der Waals surface area contributed by atoms with Crippen LogP contribution < -0.4 is 0 Å². The van der Waals surface area contributed by atoms with Crippen LogP contribution in [0.1, 0.15) is 10.4 Å². The molecule has 0 atom stereocenters. The number of rotatable bonds is 4. The van der Waals surface area contributed by atoms with Gasteiger partial charge in [0.15, 0.2) is 11.6 Å². The summed E-state index contributed by atoms with van der Waals surface area (Å²) < 4.78 is 25.9. The molecule has 1 heterocycles. The van der Waals surface area contributed by atoms with Crippen molar-refractivity contribution in [2.24, 2.45) is 0 Å². The molecular formula is C13H9F2NOS. The van der Waals surface area contributed by atoms with Crippen molar-refractivity contribution < 1.29 is 13.6 Å². The summed E-state index contributed by atoms with van der Waals surface area (Å²) in [7, 11) is 0. The van der Waals surface area contributed by atoms with Crippen molar-refractivity contribution in [3.8, 4) is 0 Å². The fourth-order valence-electron chi connectivity index (χ4n) is 1.36. The van der Waals surface area contributed by atoms with Crippen LogP contribution >= 0.6 is 11.8 Å². The fourth-order valence-corrected chi connectivity index (χ4v) is 2.14. The Kier molecular flexibility index (Phi) is 4.04. The van der Waals surface area contributed by atoms with E-state index in [2.05, 4.69) is 4.98 Å². The van der Waals surface area contributed by atoms with Gasteiger partial charge in [0.2, 0.25) is 0 Å². The summed E-state index contributed by atoms with van der Waals surface area (Å²) >= 11 is 1.24. The Labute approximate surface area is 107 Å². The average Bonchev–Trinajstić information content (AvgIpc) is 2.38. The molecule has 2 rings (SSSR count). The number of carbonyl (C=O) groups excluding carboxylic acids is 1. The first-order valence-corrected chi connectivity index (χ1v) is 6.16. The number of ketones is 1. The van der Waals surface area contributed by atoms with E-state index in [0.717, 1.165) is 11.1 Å². The van der Waals surface area contributed by atoms with Gasteiger partial charge >= 0.3 is 0 Å². The molecule has 0 aliphatic carbocycles. The van der Waals surface area contributed by atoms with Gasteiger partial charge in [-0.3, -0.25) is 9.78 Å². The van der Waals surface area contributed by atoms with E-state index in [1.165, 1.54) is 36.2 Å². The molecule has 0 fully saturated rings. The molecule has 0 aliphatic heterocycles. The van der Waals surface area contributed by atoms with Crippen molar-refractivity contribution in [3.05, 3.63) is 59.9 Å². The van der Waals surface area contributed by atoms with Crippen LogP contribution in [0.4, 0.5) is 8.78 Å². The highest BCUT2D eigenvalue weighted by molar-refractivity contribution is 8.00. The van der Waals surface area contributed by atoms with Crippen molar-refractivity contribution in [1.82, 2.24) is 4.98 Å². The zero-order valence-electron chi connectivity index (χ0n) is 9.27. The Bertz CT molecular complexity index is 557. The van der Waals surface area contributed by atoms with E-state index in [1.807, 2.05) is 0 Å². The number of halogens is 2. The maximum Gasteiger partial charge on any atom is 0.176 e. The van der Waals surface area contributed by atoms with Crippen molar-refractivity contribution in [2.45, 2.75) is 4.90 Å². The number of pyridine rings is 1. The topological polar surface area (TPSA) is 30.0 Å². The highest BCUT2D eigenvalue weighted by Crippen LogP contribution is 2.20. The third kappa shape index (κ3) is 3.13. The van der Waals surface area contributed by atoms with E-state index < -0.39 is 5.82 Å². The van der Waals surface area contributed by atoms with Gasteiger partial charge < -0.3 is 0 Å². The second-order valence-electron chi connectivity index (χ2n) is 3.52. The number of Topliss-reactive ketones (excluding diaryl/α,β-unsaturated/α-hetero) is 1. The molecule has 18 heavy (non-hydrogen) atoms. The minimum Gasteiger partial charge on any atom is -0.293 e. The van der Waals surface area contributed by atoms with Crippen LogP contribution in [0.3, 0.4) is 0 Å². The summed E-state index contributed by atoms with van der Waals surface area (Å²) in [6.45, 7) is 0. The van der Waals surface area contributed by atoms with Crippen LogP contribution in [0.15, 0.2) is 47.6 Å². The van der Waals surface area contributed by atoms with E-state index in [0.29, 0.717) is 0 Å². The molecule has 2 nitrogen and oxygen atoms in total. The first-order chi connectivity index (χ1) is 8.66. The van der Waals surface area contributed by atoms with Gasteiger partial charge in [-0.05, 0) is 30.3 Å². The molecule has 0 radical (unpaired) electrons. The SMILES string of the molecule is O=C(CSc1ccc(F)cc1)c1ccncc1F. The lowest BCUT2D eigenvalue weighted by atomic mass is 10.2. The van der Waals surface area contributed by atoms with Gasteiger partial charge in [0.1, 0.15) is 5.82 Å². The molecule has 0 saturated carbocycles. The minimum atomic E-state index is -0.623. The molecule has 92 valence electrons. The van der Waals surface area contributed by atoms with Crippen LogP contribution in [0.25, 0.3) is 0 Å². The Morgan fingerprint density at radius 3 is 2.56 bits per heavy atom. The highest BCUT2D eigenvalue weighted by Gasteiger charge is 2.11. The molecule has 0 unspecified atom stereocenters. The summed E-state index contributed by atoms with van der Waals surface area (Å²) in [6.07, 6.45) is 2.38. The van der Waals surface area contributed by atoms with Crippen LogP contribution in [0.5, 0.6) is 0 Å². The van der Waals surface area contributed by atoms with Gasteiger partial charge in [-0.15, -0.1) is 11.8 Å². The predicted molar refractivity (Wildman–Crippen MR) is 65.6 cm³/mol. The van der Waals surface area contributed by atoms with Gasteiger partial charge in [-0.1, -0.05) is 0 Å². The van der Waals surface area contributed by atoms with E-state index in [9.17, 15) is 13.6 Å². The molecule has 0 amide bonds. The number of hydrogen-bond donors (Lipinski definition) is 0. The molecule has 0 aliphatic rings. The molecule has 0 N–H and O–H groups in total. The van der Waals surface area contributed by atoms with Crippen LogP contribution in [-0.4, -0.2) is 16.5 Å². The first kappa shape index (κ1) is 12.7. The molecule has 5 heteroatoms. The van der Waals surface area contributed by atoms with E-state index in [4.69, 9.17) is 0 Å². The molecule has 0 spiro atoms. The van der Waals surface area contributed by atoms with Crippen molar-refractivity contribution in [2.75, 3.05) is 5.75 Å². The normalized spacial score (nSPS) is 10.3. The smallest absolute Gasteiger partial charge is 0.176 e. The number of aromatic nitrogens is 1. The number of nitrogens with zero attached hydrogens (tertiary/aromatic N) is 1. The van der Waals surface area contributed by atoms with Crippen LogP contribution in [-0.2, 0) is 0 Å². The summed E-state index contributed by atoms with van der Waals surface area (Å²) in [6, 6.07) is 7.15. The van der Waals surface area contributed by atoms with Crippen molar-refractivity contribution >= 4 is 17.5 Å². The van der Waals surface area contributed by atoms with Gasteiger partial charge in [0.05, 0.1) is 17.5 Å². The second kappa shape index (κ2) is 5.73. The monoisotopic (exact) mass is 265 g/mol. The van der Waals surface area contributed by atoms with E-state index in [-0.39, 0.29) is 22.9 Å². The Balaban J connectivity index is 2.01. The van der Waals surface area contributed by atoms with Gasteiger partial charge in [-0.25, -0.2) is 8.78 Å². The molecule has 2 aromatic rings. The lowest BCUT2D eigenvalue weighted by Gasteiger charge is -2.02. The van der Waals surface area contributed by atoms with E-state index >= 15 is 0 Å². The maximum atomic E-state index is 13.3. The van der Waals surface area contributed by atoms with E-state index in [1.54, 1.807) is 12.1 Å². The number of benzene rings is 1. The Morgan fingerprint density at radius 1 is 1.17 bits per heavy atom. The Hall–Kier alpha value is -1.75. The van der Waals surface area contributed by atoms with Crippen molar-refractivity contribution in [1.29, 1.82) is 0 Å². The predicted octanol–water partition coefficient (Wildman–Crippen LogP) is 3.33. The summed E-state index contributed by atoms with van der Waals surface area (Å²) in [5, 5.41) is 0. The van der Waals surface area contributed by atoms with Crippen molar-refractivity contribution in [3.63, 3.8) is 0 Å². The zero-order valence-corrected chi connectivity index (χ0v) is 10.1.